The van der Waals surface area contributed by atoms with E-state index in [0.29, 0.717) is 28.5 Å². The molecule has 0 radical (unpaired) electrons. The fraction of sp³-hybridized carbons (Fsp3) is 0.231. The Labute approximate surface area is 193 Å². The van der Waals surface area contributed by atoms with Crippen molar-refractivity contribution in [3.8, 4) is 23.0 Å². The van der Waals surface area contributed by atoms with Gasteiger partial charge in [0.1, 0.15) is 42.4 Å². The van der Waals surface area contributed by atoms with E-state index >= 15 is 0 Å². The Hall–Kier alpha value is -4.00. The molecule has 0 fully saturated rings. The zero-order valence-corrected chi connectivity index (χ0v) is 18.9. The van der Waals surface area contributed by atoms with Gasteiger partial charge in [-0.2, -0.15) is 0 Å². The van der Waals surface area contributed by atoms with Gasteiger partial charge in [-0.25, -0.2) is 0 Å². The standard InChI is InChI=1S/C26H27NO6/c1-18(2)32-24-13-19(14-26(28)29)12-23(16-24)31-17-25(27-30-3)20-8-7-11-22(15-20)33-21-9-5-4-6-10-21/h4-13,15-16,18H,14,17H2,1-3H3,(H,28,29). The molecule has 0 aliphatic heterocycles. The van der Waals surface area contributed by atoms with Gasteiger partial charge >= 0.3 is 5.97 Å². The molecule has 33 heavy (non-hydrogen) atoms. The molecule has 0 aliphatic rings. The molecule has 0 heterocycles. The van der Waals surface area contributed by atoms with E-state index in [9.17, 15) is 4.79 Å². The first-order valence-corrected chi connectivity index (χ1v) is 10.5. The summed E-state index contributed by atoms with van der Waals surface area (Å²) in [6.45, 7) is 3.90. The molecule has 3 rings (SSSR count). The summed E-state index contributed by atoms with van der Waals surface area (Å²) < 4.78 is 17.6. The summed E-state index contributed by atoms with van der Waals surface area (Å²) in [5.74, 6) is 1.47. The average molecular weight is 450 g/mol. The van der Waals surface area contributed by atoms with Gasteiger partial charge in [0.25, 0.3) is 0 Å². The van der Waals surface area contributed by atoms with E-state index in [1.54, 1.807) is 18.2 Å². The van der Waals surface area contributed by atoms with E-state index in [1.165, 1.54) is 7.11 Å². The second-order valence-corrected chi connectivity index (χ2v) is 7.50. The molecule has 0 amide bonds. The van der Waals surface area contributed by atoms with Crippen molar-refractivity contribution in [2.75, 3.05) is 13.7 Å². The lowest BCUT2D eigenvalue weighted by molar-refractivity contribution is -0.136. The summed E-state index contributed by atoms with van der Waals surface area (Å²) in [6.07, 6.45) is -0.195. The quantitative estimate of drug-likeness (QED) is 0.315. The summed E-state index contributed by atoms with van der Waals surface area (Å²) in [7, 11) is 1.46. The van der Waals surface area contributed by atoms with Crippen molar-refractivity contribution >= 4 is 11.7 Å². The lowest BCUT2D eigenvalue weighted by Gasteiger charge is -2.15. The number of aliphatic carboxylic acids is 1. The van der Waals surface area contributed by atoms with E-state index in [2.05, 4.69) is 5.16 Å². The molecule has 3 aromatic carbocycles. The lowest BCUT2D eigenvalue weighted by atomic mass is 10.1. The predicted octanol–water partition coefficient (Wildman–Crippen LogP) is 5.32. The topological polar surface area (TPSA) is 86.6 Å². The fourth-order valence-corrected chi connectivity index (χ4v) is 3.12. The van der Waals surface area contributed by atoms with Gasteiger partial charge in [0.05, 0.1) is 12.5 Å². The minimum atomic E-state index is -0.931. The van der Waals surface area contributed by atoms with E-state index in [0.717, 1.165) is 11.3 Å². The third-order valence-electron chi connectivity index (χ3n) is 4.39. The van der Waals surface area contributed by atoms with Crippen molar-refractivity contribution in [3.63, 3.8) is 0 Å². The third kappa shape index (κ3) is 7.57. The Kier molecular flexibility index (Phi) is 8.30. The maximum absolute atomic E-state index is 11.2. The first kappa shape index (κ1) is 23.7. The zero-order valence-electron chi connectivity index (χ0n) is 18.9. The van der Waals surface area contributed by atoms with Gasteiger partial charge in [-0.1, -0.05) is 35.5 Å². The molecule has 1 N–H and O–H groups in total. The van der Waals surface area contributed by atoms with Crippen LogP contribution in [0.1, 0.15) is 25.0 Å². The number of carboxylic acids is 1. The second kappa shape index (κ2) is 11.6. The molecular formula is C26H27NO6. The third-order valence-corrected chi connectivity index (χ3v) is 4.39. The van der Waals surface area contributed by atoms with Crippen molar-refractivity contribution in [1.82, 2.24) is 0 Å². The summed E-state index contributed by atoms with van der Waals surface area (Å²) in [5.41, 5.74) is 1.90. The summed E-state index contributed by atoms with van der Waals surface area (Å²) in [4.78, 5) is 16.2. The van der Waals surface area contributed by atoms with Crippen molar-refractivity contribution in [1.29, 1.82) is 0 Å². The number of rotatable bonds is 11. The van der Waals surface area contributed by atoms with E-state index in [1.807, 2.05) is 68.4 Å². The molecule has 3 aromatic rings. The molecule has 7 heteroatoms. The van der Waals surface area contributed by atoms with Gasteiger partial charge in [0.15, 0.2) is 0 Å². The van der Waals surface area contributed by atoms with Crippen LogP contribution in [0, 0.1) is 0 Å². The number of nitrogens with zero attached hydrogens (tertiary/aromatic N) is 1. The van der Waals surface area contributed by atoms with Crippen LogP contribution in [0.2, 0.25) is 0 Å². The first-order valence-electron chi connectivity index (χ1n) is 10.5. The van der Waals surface area contributed by atoms with E-state index in [-0.39, 0.29) is 19.1 Å². The van der Waals surface area contributed by atoms with Crippen LogP contribution in [0.3, 0.4) is 0 Å². The van der Waals surface area contributed by atoms with Crippen molar-refractivity contribution in [2.24, 2.45) is 5.16 Å². The highest BCUT2D eigenvalue weighted by Gasteiger charge is 2.12. The Morgan fingerprint density at radius 1 is 0.909 bits per heavy atom. The van der Waals surface area contributed by atoms with Gasteiger partial charge in [0.2, 0.25) is 0 Å². The Morgan fingerprint density at radius 3 is 2.33 bits per heavy atom. The fourth-order valence-electron chi connectivity index (χ4n) is 3.12. The van der Waals surface area contributed by atoms with E-state index < -0.39 is 5.97 Å². The van der Waals surface area contributed by atoms with Gasteiger partial charge < -0.3 is 24.2 Å². The minimum absolute atomic E-state index is 0.0594. The zero-order chi connectivity index (χ0) is 23.6. The van der Waals surface area contributed by atoms with Crippen LogP contribution in [-0.4, -0.2) is 36.6 Å². The molecule has 0 aliphatic carbocycles. The normalized spacial score (nSPS) is 11.2. The Balaban J connectivity index is 1.79. The molecular weight excluding hydrogens is 422 g/mol. The number of oxime groups is 1. The SMILES string of the molecule is CON=C(COc1cc(CC(=O)O)cc(OC(C)C)c1)c1cccc(Oc2ccccc2)c1. The number of para-hydroxylation sites is 1. The largest absolute Gasteiger partial charge is 0.491 e. The van der Waals surface area contributed by atoms with Gasteiger partial charge in [0, 0.05) is 11.6 Å². The molecule has 0 spiro atoms. The van der Waals surface area contributed by atoms with E-state index in [4.69, 9.17) is 24.2 Å². The number of carboxylic acid groups (broad SMARTS) is 1. The summed E-state index contributed by atoms with van der Waals surface area (Å²) in [5, 5.41) is 13.3. The Morgan fingerprint density at radius 2 is 1.64 bits per heavy atom. The number of hydrogen-bond donors (Lipinski definition) is 1. The van der Waals surface area contributed by atoms with Crippen LogP contribution in [0.5, 0.6) is 23.0 Å². The molecule has 0 aromatic heterocycles. The highest BCUT2D eigenvalue weighted by molar-refractivity contribution is 6.01. The van der Waals surface area contributed by atoms with Gasteiger partial charge in [-0.15, -0.1) is 0 Å². The van der Waals surface area contributed by atoms with Crippen molar-refractivity contribution < 1.29 is 28.9 Å². The highest BCUT2D eigenvalue weighted by atomic mass is 16.6. The average Bonchev–Trinajstić information content (AvgIpc) is 2.76. The molecule has 0 bridgehead atoms. The van der Waals surface area contributed by atoms with Gasteiger partial charge in [-0.3, -0.25) is 4.79 Å². The number of hydrogen-bond acceptors (Lipinski definition) is 6. The Bertz CT molecular complexity index is 1090. The first-order chi connectivity index (χ1) is 15.9. The van der Waals surface area contributed by atoms with Crippen LogP contribution < -0.4 is 14.2 Å². The predicted molar refractivity (Wildman–Crippen MR) is 126 cm³/mol. The second-order valence-electron chi connectivity index (χ2n) is 7.50. The van der Waals surface area contributed by atoms with Crippen LogP contribution in [0.4, 0.5) is 0 Å². The molecule has 0 saturated carbocycles. The van der Waals surface area contributed by atoms with Crippen LogP contribution in [0.25, 0.3) is 0 Å². The summed E-state index contributed by atoms with van der Waals surface area (Å²) >= 11 is 0. The monoisotopic (exact) mass is 449 g/mol. The van der Waals surface area contributed by atoms with Crippen LogP contribution >= 0.6 is 0 Å². The number of ether oxygens (including phenoxy) is 3. The molecule has 7 nitrogen and oxygen atoms in total. The van der Waals surface area contributed by atoms with Crippen molar-refractivity contribution in [3.05, 3.63) is 83.9 Å². The maximum atomic E-state index is 11.2. The van der Waals surface area contributed by atoms with Crippen molar-refractivity contribution in [2.45, 2.75) is 26.4 Å². The van der Waals surface area contributed by atoms with Gasteiger partial charge in [-0.05, 0) is 55.8 Å². The maximum Gasteiger partial charge on any atom is 0.307 e. The van der Waals surface area contributed by atoms with Crippen LogP contribution in [-0.2, 0) is 16.1 Å². The lowest BCUT2D eigenvalue weighted by Crippen LogP contribution is -2.14. The molecule has 0 atom stereocenters. The minimum Gasteiger partial charge on any atom is -0.491 e. The molecule has 0 saturated heterocycles. The van der Waals surface area contributed by atoms with Crippen LogP contribution in [0.15, 0.2) is 78.0 Å². The number of benzene rings is 3. The highest BCUT2D eigenvalue weighted by Crippen LogP contribution is 2.26. The smallest absolute Gasteiger partial charge is 0.307 e. The molecule has 0 unspecified atom stereocenters. The number of carbonyl (C=O) groups is 1. The molecule has 172 valence electrons. The summed E-state index contributed by atoms with van der Waals surface area (Å²) in [6, 6.07) is 22.0.